The van der Waals surface area contributed by atoms with Gasteiger partial charge in [-0.25, -0.2) is 18.3 Å². The summed E-state index contributed by atoms with van der Waals surface area (Å²) in [6.45, 7) is 6.39. The molecule has 2 amide bonds. The minimum absolute atomic E-state index is 0.203. The molecule has 0 fully saturated rings. The molecule has 0 bridgehead atoms. The van der Waals surface area contributed by atoms with Gasteiger partial charge in [-0.05, 0) is 60.4 Å². The molecule has 0 saturated heterocycles. The Balaban J connectivity index is 1.53. The molecule has 0 saturated carbocycles. The number of rotatable bonds is 4. The van der Waals surface area contributed by atoms with E-state index in [0.717, 1.165) is 52.2 Å². The normalized spacial score (nSPS) is 14.6. The highest BCUT2D eigenvalue weighted by atomic mass is 19.1. The van der Waals surface area contributed by atoms with Gasteiger partial charge in [-0.1, -0.05) is 56.3 Å². The van der Waals surface area contributed by atoms with Gasteiger partial charge in [0, 0.05) is 17.8 Å². The zero-order valence-electron chi connectivity index (χ0n) is 22.5. The summed E-state index contributed by atoms with van der Waals surface area (Å²) in [6.07, 6.45) is 1.97. The van der Waals surface area contributed by atoms with Crippen molar-refractivity contribution in [2.75, 3.05) is 5.32 Å². The van der Waals surface area contributed by atoms with Crippen LogP contribution in [0.3, 0.4) is 0 Å². The van der Waals surface area contributed by atoms with E-state index in [1.807, 2.05) is 72.4 Å². The third-order valence-electron chi connectivity index (χ3n) is 7.44. The fourth-order valence-corrected chi connectivity index (χ4v) is 5.34. The quantitative estimate of drug-likeness (QED) is 0.258. The molecule has 1 aliphatic heterocycles. The standard InChI is InChI=1S/C32H29F2N5O/c1-20(2)22-11-13-23(14-12-22)30-29-10-7-17-37(29)31-26(21(3)36-39(31)25-8-5-4-6-9-25)19-38(30)32(40)35-28-18-24(33)15-16-27(28)34/h4-18,20,30H,19H2,1-3H3,(H,35,40)/t30-/m1/s1. The van der Waals surface area contributed by atoms with Crippen LogP contribution in [0.4, 0.5) is 19.3 Å². The van der Waals surface area contributed by atoms with Crippen molar-refractivity contribution in [3.63, 3.8) is 0 Å². The average Bonchev–Trinajstić information content (AvgIpc) is 3.51. The molecular weight excluding hydrogens is 508 g/mol. The largest absolute Gasteiger partial charge is 0.323 e. The number of hydrogen-bond donors (Lipinski definition) is 1. The highest BCUT2D eigenvalue weighted by molar-refractivity contribution is 5.90. The van der Waals surface area contributed by atoms with Crippen LogP contribution in [0.25, 0.3) is 11.5 Å². The minimum Gasteiger partial charge on any atom is -0.307 e. The molecule has 3 heterocycles. The number of urea groups is 1. The van der Waals surface area contributed by atoms with Gasteiger partial charge in [-0.3, -0.25) is 0 Å². The number of amides is 2. The van der Waals surface area contributed by atoms with Crippen molar-refractivity contribution in [2.45, 2.75) is 39.3 Å². The molecule has 8 heteroatoms. The molecule has 0 radical (unpaired) electrons. The summed E-state index contributed by atoms with van der Waals surface area (Å²) in [5, 5.41) is 7.47. The number of carbonyl (C=O) groups is 1. The van der Waals surface area contributed by atoms with Gasteiger partial charge in [0.1, 0.15) is 17.5 Å². The number of carbonyl (C=O) groups excluding carboxylic acids is 1. The fraction of sp³-hybridized carbons (Fsp3) is 0.188. The van der Waals surface area contributed by atoms with Gasteiger partial charge < -0.3 is 14.8 Å². The smallest absolute Gasteiger partial charge is 0.307 e. The first kappa shape index (κ1) is 25.6. The number of aromatic nitrogens is 3. The highest BCUT2D eigenvalue weighted by Crippen LogP contribution is 2.39. The molecule has 5 aromatic rings. The lowest BCUT2D eigenvalue weighted by Crippen LogP contribution is -2.38. The molecule has 6 rings (SSSR count). The summed E-state index contributed by atoms with van der Waals surface area (Å²) < 4.78 is 32.5. The third kappa shape index (κ3) is 4.45. The third-order valence-corrected chi connectivity index (χ3v) is 7.44. The first-order valence-electron chi connectivity index (χ1n) is 13.3. The Morgan fingerprint density at radius 1 is 0.975 bits per heavy atom. The zero-order valence-corrected chi connectivity index (χ0v) is 22.5. The van der Waals surface area contributed by atoms with Crippen LogP contribution in [0.15, 0.2) is 91.1 Å². The van der Waals surface area contributed by atoms with Crippen molar-refractivity contribution < 1.29 is 13.6 Å². The van der Waals surface area contributed by atoms with E-state index in [9.17, 15) is 13.6 Å². The Morgan fingerprint density at radius 2 is 1.73 bits per heavy atom. The van der Waals surface area contributed by atoms with Crippen molar-refractivity contribution in [3.8, 4) is 11.5 Å². The lowest BCUT2D eigenvalue weighted by molar-refractivity contribution is 0.194. The van der Waals surface area contributed by atoms with Gasteiger partial charge in [-0.15, -0.1) is 0 Å². The number of anilines is 1. The van der Waals surface area contributed by atoms with Gasteiger partial charge in [-0.2, -0.15) is 5.10 Å². The Bertz CT molecular complexity index is 1690. The van der Waals surface area contributed by atoms with Crippen LogP contribution in [-0.2, 0) is 6.54 Å². The molecule has 1 atom stereocenters. The van der Waals surface area contributed by atoms with Crippen LogP contribution < -0.4 is 5.32 Å². The van der Waals surface area contributed by atoms with Crippen LogP contribution in [0.2, 0.25) is 0 Å². The lowest BCUT2D eigenvalue weighted by atomic mass is 9.97. The van der Waals surface area contributed by atoms with E-state index in [-0.39, 0.29) is 12.2 Å². The number of nitrogens with zero attached hydrogens (tertiary/aromatic N) is 4. The van der Waals surface area contributed by atoms with E-state index in [2.05, 4.69) is 35.9 Å². The molecule has 3 aromatic carbocycles. The number of aryl methyl sites for hydroxylation is 1. The number of hydrogen-bond acceptors (Lipinski definition) is 2. The van der Waals surface area contributed by atoms with Crippen molar-refractivity contribution >= 4 is 11.7 Å². The summed E-state index contributed by atoms with van der Waals surface area (Å²) in [7, 11) is 0. The fourth-order valence-electron chi connectivity index (χ4n) is 5.34. The summed E-state index contributed by atoms with van der Waals surface area (Å²) in [5.74, 6) is -0.157. The summed E-state index contributed by atoms with van der Waals surface area (Å²) in [5.41, 5.74) is 5.25. The van der Waals surface area contributed by atoms with E-state index in [0.29, 0.717) is 5.92 Å². The second kappa shape index (κ2) is 10.1. The first-order valence-corrected chi connectivity index (χ1v) is 13.3. The Hall–Kier alpha value is -4.72. The molecule has 202 valence electrons. The topological polar surface area (TPSA) is 55.1 Å². The maximum Gasteiger partial charge on any atom is 0.323 e. The maximum absolute atomic E-state index is 14.6. The Morgan fingerprint density at radius 3 is 2.45 bits per heavy atom. The molecule has 1 N–H and O–H groups in total. The number of nitrogens with one attached hydrogen (secondary N) is 1. The predicted molar refractivity (Wildman–Crippen MR) is 151 cm³/mol. The van der Waals surface area contributed by atoms with Crippen molar-refractivity contribution in [2.24, 2.45) is 0 Å². The van der Waals surface area contributed by atoms with E-state index in [4.69, 9.17) is 5.10 Å². The van der Waals surface area contributed by atoms with Gasteiger partial charge in [0.05, 0.1) is 35.3 Å². The van der Waals surface area contributed by atoms with Gasteiger partial charge >= 0.3 is 6.03 Å². The van der Waals surface area contributed by atoms with Crippen LogP contribution in [-0.4, -0.2) is 25.3 Å². The molecule has 0 unspecified atom stereocenters. The van der Waals surface area contributed by atoms with Crippen molar-refractivity contribution in [1.29, 1.82) is 0 Å². The predicted octanol–water partition coefficient (Wildman–Crippen LogP) is 7.51. The molecular formula is C32H29F2N5O. The Labute approximate surface area is 231 Å². The van der Waals surface area contributed by atoms with Crippen molar-refractivity contribution in [3.05, 3.63) is 131 Å². The van der Waals surface area contributed by atoms with E-state index >= 15 is 0 Å². The molecule has 0 spiro atoms. The number of para-hydroxylation sites is 1. The second-order valence-electron chi connectivity index (χ2n) is 10.3. The SMILES string of the molecule is Cc1nn(-c2ccccc2)c2c1CN(C(=O)Nc1cc(F)ccc1F)[C@H](c1ccc(C(C)C)cc1)c1cccn1-2. The summed E-state index contributed by atoms with van der Waals surface area (Å²) in [4.78, 5) is 15.6. The lowest BCUT2D eigenvalue weighted by Gasteiger charge is -2.31. The summed E-state index contributed by atoms with van der Waals surface area (Å²) >= 11 is 0. The molecule has 40 heavy (non-hydrogen) atoms. The van der Waals surface area contributed by atoms with E-state index in [1.54, 1.807) is 4.90 Å². The summed E-state index contributed by atoms with van der Waals surface area (Å²) in [6, 6.07) is 23.9. The van der Waals surface area contributed by atoms with E-state index in [1.165, 1.54) is 5.56 Å². The van der Waals surface area contributed by atoms with Crippen molar-refractivity contribution in [1.82, 2.24) is 19.2 Å². The molecule has 2 aromatic heterocycles. The van der Waals surface area contributed by atoms with Crippen LogP contribution in [0, 0.1) is 18.6 Å². The minimum atomic E-state index is -0.709. The van der Waals surface area contributed by atoms with Gasteiger partial charge in [0.25, 0.3) is 0 Å². The average molecular weight is 538 g/mol. The van der Waals surface area contributed by atoms with Crippen LogP contribution in [0.1, 0.15) is 53.9 Å². The first-order chi connectivity index (χ1) is 19.3. The molecule has 1 aliphatic rings. The molecule has 0 aliphatic carbocycles. The van der Waals surface area contributed by atoms with Gasteiger partial charge in [0.2, 0.25) is 0 Å². The molecule has 6 nitrogen and oxygen atoms in total. The Kier molecular flexibility index (Phi) is 6.46. The number of benzene rings is 3. The van der Waals surface area contributed by atoms with Gasteiger partial charge in [0.15, 0.2) is 0 Å². The van der Waals surface area contributed by atoms with Crippen LogP contribution >= 0.6 is 0 Å². The highest BCUT2D eigenvalue weighted by Gasteiger charge is 2.36. The maximum atomic E-state index is 14.6. The monoisotopic (exact) mass is 537 g/mol. The zero-order chi connectivity index (χ0) is 28.0. The van der Waals surface area contributed by atoms with E-state index < -0.39 is 23.7 Å². The second-order valence-corrected chi connectivity index (χ2v) is 10.3. The number of fused-ring (bicyclic) bond motifs is 3. The van der Waals surface area contributed by atoms with Crippen LogP contribution in [0.5, 0.6) is 0 Å². The number of halogens is 2.